The van der Waals surface area contributed by atoms with Crippen LogP contribution in [0.3, 0.4) is 0 Å². The molecule has 1 aliphatic carbocycles. The van der Waals surface area contributed by atoms with Gasteiger partial charge in [0.05, 0.1) is 33.5 Å². The summed E-state index contributed by atoms with van der Waals surface area (Å²) in [4.78, 5) is 14.1. The number of carbonyl (C=O) groups excluding carboxylic acids is 1. The minimum atomic E-state index is -0.148. The van der Waals surface area contributed by atoms with Crippen molar-refractivity contribution in [3.05, 3.63) is 23.8 Å². The van der Waals surface area contributed by atoms with Gasteiger partial charge in [-0.3, -0.25) is 9.69 Å². The molecule has 31 heavy (non-hydrogen) atoms. The van der Waals surface area contributed by atoms with E-state index >= 15 is 0 Å². The Kier molecular flexibility index (Phi) is 8.99. The minimum absolute atomic E-state index is 0.0625. The molecular formula is C24H38N2O5. The van der Waals surface area contributed by atoms with Gasteiger partial charge in [0.2, 0.25) is 0 Å². The van der Waals surface area contributed by atoms with Gasteiger partial charge >= 0.3 is 5.97 Å². The van der Waals surface area contributed by atoms with Gasteiger partial charge in [-0.05, 0) is 64.0 Å². The SMILES string of the molecule is COc1ccc(CCO[C@H]2CCCC[C@H]2C2NCC[C@H]2OC(=O)CN(C)C)cc1OC. The Balaban J connectivity index is 1.56. The van der Waals surface area contributed by atoms with Crippen LogP contribution >= 0.6 is 0 Å². The zero-order valence-electron chi connectivity index (χ0n) is 19.4. The summed E-state index contributed by atoms with van der Waals surface area (Å²) in [5.41, 5.74) is 1.17. The Morgan fingerprint density at radius 1 is 1.06 bits per heavy atom. The third kappa shape index (κ3) is 6.57. The summed E-state index contributed by atoms with van der Waals surface area (Å²) in [7, 11) is 7.07. The van der Waals surface area contributed by atoms with Crippen molar-refractivity contribution < 1.29 is 23.7 Å². The number of hydrogen-bond acceptors (Lipinski definition) is 7. The lowest BCUT2D eigenvalue weighted by Gasteiger charge is -2.37. The molecule has 1 saturated carbocycles. The average Bonchev–Trinajstić information content (AvgIpc) is 3.21. The molecule has 0 aromatic heterocycles. The Hall–Kier alpha value is -1.83. The summed E-state index contributed by atoms with van der Waals surface area (Å²) < 4.78 is 23.0. The molecule has 1 saturated heterocycles. The number of benzene rings is 1. The van der Waals surface area contributed by atoms with Crippen LogP contribution in [0.1, 0.15) is 37.7 Å². The maximum Gasteiger partial charge on any atom is 0.320 e. The first-order valence-corrected chi connectivity index (χ1v) is 11.4. The van der Waals surface area contributed by atoms with Crippen LogP contribution in [0.15, 0.2) is 18.2 Å². The highest BCUT2D eigenvalue weighted by Gasteiger charge is 2.41. The molecule has 1 aromatic rings. The Morgan fingerprint density at radius 3 is 2.58 bits per heavy atom. The molecule has 0 spiro atoms. The predicted octanol–water partition coefficient (Wildman–Crippen LogP) is 2.66. The molecule has 1 aromatic carbocycles. The first-order valence-electron chi connectivity index (χ1n) is 11.4. The summed E-state index contributed by atoms with van der Waals surface area (Å²) in [6.07, 6.45) is 6.40. The van der Waals surface area contributed by atoms with Crippen molar-refractivity contribution in [1.82, 2.24) is 10.2 Å². The number of likely N-dealkylation sites (N-methyl/N-ethyl adjacent to an activating group) is 1. The molecule has 0 bridgehead atoms. The second kappa shape index (κ2) is 11.7. The molecule has 0 radical (unpaired) electrons. The smallest absolute Gasteiger partial charge is 0.320 e. The molecule has 2 aliphatic rings. The molecule has 2 fully saturated rings. The number of nitrogens with one attached hydrogen (secondary N) is 1. The molecule has 3 rings (SSSR count). The van der Waals surface area contributed by atoms with E-state index in [0.29, 0.717) is 19.1 Å². The van der Waals surface area contributed by atoms with E-state index < -0.39 is 0 Å². The fraction of sp³-hybridized carbons (Fsp3) is 0.708. The van der Waals surface area contributed by atoms with Crippen LogP contribution in [0.5, 0.6) is 11.5 Å². The number of carbonyl (C=O) groups is 1. The standard InChI is InChI=1S/C24H38N2O5/c1-26(2)16-23(27)31-21-11-13-25-24(21)18-7-5-6-8-19(18)30-14-12-17-9-10-20(28-3)22(15-17)29-4/h9-10,15,18-19,21,24-25H,5-8,11-14,16H2,1-4H3/t18-,19+,21-,24?/m1/s1. The van der Waals surface area contributed by atoms with Gasteiger partial charge in [0.25, 0.3) is 0 Å². The number of ether oxygens (including phenoxy) is 4. The van der Waals surface area contributed by atoms with E-state index in [-0.39, 0.29) is 24.2 Å². The van der Waals surface area contributed by atoms with Gasteiger partial charge in [0, 0.05) is 12.0 Å². The molecule has 1 N–H and O–H groups in total. The van der Waals surface area contributed by atoms with Gasteiger partial charge in [-0.1, -0.05) is 18.9 Å². The molecule has 1 heterocycles. The monoisotopic (exact) mass is 434 g/mol. The van der Waals surface area contributed by atoms with Crippen molar-refractivity contribution in [2.75, 3.05) is 48.0 Å². The first-order chi connectivity index (χ1) is 15.0. The number of methoxy groups -OCH3 is 2. The quantitative estimate of drug-likeness (QED) is 0.568. The van der Waals surface area contributed by atoms with E-state index in [0.717, 1.165) is 43.7 Å². The fourth-order valence-corrected chi connectivity index (χ4v) is 4.83. The van der Waals surface area contributed by atoms with Gasteiger partial charge in [-0.25, -0.2) is 0 Å². The molecule has 174 valence electrons. The van der Waals surface area contributed by atoms with Gasteiger partial charge in [-0.15, -0.1) is 0 Å². The summed E-state index contributed by atoms with van der Waals surface area (Å²) in [6, 6.07) is 6.19. The highest BCUT2D eigenvalue weighted by molar-refractivity contribution is 5.71. The molecule has 0 amide bonds. The number of hydrogen-bond donors (Lipinski definition) is 1. The van der Waals surface area contributed by atoms with Crippen molar-refractivity contribution in [3.63, 3.8) is 0 Å². The van der Waals surface area contributed by atoms with E-state index in [1.807, 2.05) is 31.1 Å². The van der Waals surface area contributed by atoms with Crippen LogP contribution in [-0.2, 0) is 20.7 Å². The lowest BCUT2D eigenvalue weighted by Crippen LogP contribution is -2.47. The van der Waals surface area contributed by atoms with Crippen LogP contribution in [0.25, 0.3) is 0 Å². The molecule has 1 aliphatic heterocycles. The van der Waals surface area contributed by atoms with Gasteiger partial charge in [0.15, 0.2) is 11.5 Å². The molecule has 7 heteroatoms. The Morgan fingerprint density at radius 2 is 1.84 bits per heavy atom. The van der Waals surface area contributed by atoms with Gasteiger partial charge in [0.1, 0.15) is 6.10 Å². The lowest BCUT2D eigenvalue weighted by atomic mass is 9.80. The zero-order valence-corrected chi connectivity index (χ0v) is 19.4. The van der Waals surface area contributed by atoms with Crippen molar-refractivity contribution in [2.45, 2.75) is 56.8 Å². The summed E-state index contributed by atoms with van der Waals surface area (Å²) in [6.45, 7) is 1.87. The predicted molar refractivity (Wildman–Crippen MR) is 120 cm³/mol. The minimum Gasteiger partial charge on any atom is -0.493 e. The van der Waals surface area contributed by atoms with Crippen LogP contribution in [-0.4, -0.2) is 77.1 Å². The van der Waals surface area contributed by atoms with E-state index in [2.05, 4.69) is 11.4 Å². The fourth-order valence-electron chi connectivity index (χ4n) is 4.83. The van der Waals surface area contributed by atoms with Crippen molar-refractivity contribution in [3.8, 4) is 11.5 Å². The van der Waals surface area contributed by atoms with Gasteiger partial charge in [-0.2, -0.15) is 0 Å². The summed E-state index contributed by atoms with van der Waals surface area (Å²) in [5, 5.41) is 3.60. The van der Waals surface area contributed by atoms with E-state index in [1.165, 1.54) is 18.4 Å². The van der Waals surface area contributed by atoms with Crippen LogP contribution in [0, 0.1) is 5.92 Å². The molecule has 1 unspecified atom stereocenters. The second-order valence-corrected chi connectivity index (χ2v) is 8.83. The maximum absolute atomic E-state index is 12.2. The van der Waals surface area contributed by atoms with Crippen molar-refractivity contribution in [1.29, 1.82) is 0 Å². The third-order valence-electron chi connectivity index (χ3n) is 6.32. The Bertz CT molecular complexity index is 711. The Labute approximate surface area is 186 Å². The highest BCUT2D eigenvalue weighted by Crippen LogP contribution is 2.34. The zero-order chi connectivity index (χ0) is 22.2. The number of nitrogens with zero attached hydrogens (tertiary/aromatic N) is 1. The van der Waals surface area contributed by atoms with Crippen LogP contribution in [0.4, 0.5) is 0 Å². The summed E-state index contributed by atoms with van der Waals surface area (Å²) in [5.74, 6) is 1.71. The highest BCUT2D eigenvalue weighted by atomic mass is 16.5. The summed E-state index contributed by atoms with van der Waals surface area (Å²) >= 11 is 0. The van der Waals surface area contributed by atoms with Crippen LogP contribution < -0.4 is 14.8 Å². The molecule has 7 nitrogen and oxygen atoms in total. The second-order valence-electron chi connectivity index (χ2n) is 8.83. The van der Waals surface area contributed by atoms with Crippen LogP contribution in [0.2, 0.25) is 0 Å². The largest absolute Gasteiger partial charge is 0.493 e. The van der Waals surface area contributed by atoms with E-state index in [4.69, 9.17) is 18.9 Å². The van der Waals surface area contributed by atoms with Gasteiger partial charge < -0.3 is 24.3 Å². The van der Waals surface area contributed by atoms with Crippen molar-refractivity contribution >= 4 is 5.97 Å². The topological polar surface area (TPSA) is 69.3 Å². The average molecular weight is 435 g/mol. The molecule has 4 atom stereocenters. The number of esters is 1. The first kappa shape index (κ1) is 23.8. The molecular weight excluding hydrogens is 396 g/mol. The van der Waals surface area contributed by atoms with E-state index in [9.17, 15) is 4.79 Å². The third-order valence-corrected chi connectivity index (χ3v) is 6.32. The van der Waals surface area contributed by atoms with Crippen molar-refractivity contribution in [2.24, 2.45) is 5.92 Å². The normalized spacial score (nSPS) is 26.1. The lowest BCUT2D eigenvalue weighted by molar-refractivity contribution is -0.152. The number of rotatable bonds is 10. The maximum atomic E-state index is 12.2. The van der Waals surface area contributed by atoms with E-state index in [1.54, 1.807) is 14.2 Å².